The third-order valence-corrected chi connectivity index (χ3v) is 7.07. The highest BCUT2D eigenvalue weighted by molar-refractivity contribution is 5.99. The number of para-hydroxylation sites is 3. The van der Waals surface area contributed by atoms with Crippen molar-refractivity contribution in [2.45, 2.75) is 38.2 Å². The molecule has 0 bridgehead atoms. The van der Waals surface area contributed by atoms with Crippen molar-refractivity contribution in [3.63, 3.8) is 0 Å². The van der Waals surface area contributed by atoms with E-state index < -0.39 is 6.10 Å². The average molecular weight is 477 g/mol. The molecule has 2 aromatic carbocycles. The van der Waals surface area contributed by atoms with E-state index in [1.54, 1.807) is 9.80 Å². The summed E-state index contributed by atoms with van der Waals surface area (Å²) in [6.45, 7) is 2.63. The second-order valence-electron chi connectivity index (χ2n) is 9.49. The molecule has 1 N–H and O–H groups in total. The van der Waals surface area contributed by atoms with E-state index in [2.05, 4.69) is 5.32 Å². The Morgan fingerprint density at radius 1 is 0.771 bits per heavy atom. The number of ether oxygens (including phenoxy) is 1. The number of piperidine rings is 2. The Morgan fingerprint density at radius 2 is 1.49 bits per heavy atom. The Morgan fingerprint density at radius 3 is 2.29 bits per heavy atom. The Bertz CT molecular complexity index is 1070. The molecule has 0 spiro atoms. The predicted octanol–water partition coefficient (Wildman–Crippen LogP) is 3.74. The Kier molecular flexibility index (Phi) is 6.88. The fourth-order valence-electron chi connectivity index (χ4n) is 5.20. The lowest BCUT2D eigenvalue weighted by Gasteiger charge is -2.40. The number of hydrogen-bond donors (Lipinski definition) is 1. The van der Waals surface area contributed by atoms with Crippen LogP contribution in [-0.4, -0.2) is 66.5 Å². The molecule has 8 nitrogen and oxygen atoms in total. The number of nitrogens with zero attached hydrogens (tertiary/aromatic N) is 3. The van der Waals surface area contributed by atoms with E-state index in [1.807, 2.05) is 59.5 Å². The molecule has 3 heterocycles. The molecule has 184 valence electrons. The Labute approximate surface area is 205 Å². The molecule has 2 atom stereocenters. The van der Waals surface area contributed by atoms with Gasteiger partial charge in [-0.15, -0.1) is 0 Å². The molecule has 2 saturated heterocycles. The van der Waals surface area contributed by atoms with Gasteiger partial charge in [-0.3, -0.25) is 9.59 Å². The third-order valence-electron chi connectivity index (χ3n) is 7.07. The zero-order valence-electron chi connectivity index (χ0n) is 19.9. The summed E-state index contributed by atoms with van der Waals surface area (Å²) < 4.78 is 6.08. The van der Waals surface area contributed by atoms with E-state index >= 15 is 0 Å². The van der Waals surface area contributed by atoms with Crippen LogP contribution < -0.4 is 15.0 Å². The summed E-state index contributed by atoms with van der Waals surface area (Å²) in [4.78, 5) is 45.1. The van der Waals surface area contributed by atoms with Gasteiger partial charge in [0.2, 0.25) is 5.91 Å². The van der Waals surface area contributed by atoms with Crippen LogP contribution in [0, 0.1) is 5.92 Å². The van der Waals surface area contributed by atoms with E-state index in [0.29, 0.717) is 30.9 Å². The first kappa shape index (κ1) is 23.2. The van der Waals surface area contributed by atoms with E-state index in [0.717, 1.165) is 44.5 Å². The molecule has 5 rings (SSSR count). The molecule has 2 fully saturated rings. The summed E-state index contributed by atoms with van der Waals surface area (Å²) in [6.07, 6.45) is 3.88. The highest BCUT2D eigenvalue weighted by Crippen LogP contribution is 2.35. The van der Waals surface area contributed by atoms with E-state index in [9.17, 15) is 14.4 Å². The molecular formula is C27H32N4O4. The van der Waals surface area contributed by atoms with Crippen molar-refractivity contribution in [3.8, 4) is 5.75 Å². The quantitative estimate of drug-likeness (QED) is 0.732. The number of amides is 4. The highest BCUT2D eigenvalue weighted by Gasteiger charge is 2.39. The van der Waals surface area contributed by atoms with E-state index in [4.69, 9.17) is 4.74 Å². The molecule has 0 saturated carbocycles. The van der Waals surface area contributed by atoms with Crippen LogP contribution in [0.15, 0.2) is 54.6 Å². The summed E-state index contributed by atoms with van der Waals surface area (Å²) in [5, 5.41) is 2.92. The molecule has 3 aliphatic rings. The molecule has 8 heteroatoms. The number of carbonyl (C=O) groups excluding carboxylic acids is 3. The number of carbonyl (C=O) groups is 3. The fraction of sp³-hybridized carbons (Fsp3) is 0.444. The van der Waals surface area contributed by atoms with Gasteiger partial charge in [0.25, 0.3) is 5.91 Å². The van der Waals surface area contributed by atoms with Crippen LogP contribution in [-0.2, 0) is 9.59 Å². The molecule has 2 aromatic rings. The van der Waals surface area contributed by atoms with Gasteiger partial charge in [-0.2, -0.15) is 0 Å². The van der Waals surface area contributed by atoms with Crippen molar-refractivity contribution >= 4 is 29.2 Å². The van der Waals surface area contributed by atoms with Gasteiger partial charge in [0.05, 0.1) is 18.2 Å². The topological polar surface area (TPSA) is 82.2 Å². The van der Waals surface area contributed by atoms with Gasteiger partial charge < -0.3 is 24.8 Å². The minimum absolute atomic E-state index is 0.0514. The zero-order valence-corrected chi connectivity index (χ0v) is 19.9. The molecule has 3 aliphatic heterocycles. The maximum atomic E-state index is 13.8. The number of nitrogens with one attached hydrogen (secondary N) is 1. The average Bonchev–Trinajstić information content (AvgIpc) is 2.92. The Hall–Kier alpha value is -3.55. The standard InChI is InChI=1S/C27H32N4O4/c32-25(20-10-9-17-30(18-20)27(34)28-21-11-3-1-4-12-21)31-19-24(26(33)29-15-7-2-8-16-29)35-23-14-6-5-13-22(23)31/h1,3-6,11-14,20,24H,2,7-10,15-19H2,(H,28,34). The number of likely N-dealkylation sites (tertiary alicyclic amines) is 2. The van der Waals surface area contributed by atoms with Crippen molar-refractivity contribution in [2.24, 2.45) is 5.92 Å². The SMILES string of the molecule is O=C(Nc1ccccc1)N1CCCC(C(=O)N2CC(C(=O)N3CCCCC3)Oc3ccccc32)C1. The lowest BCUT2D eigenvalue weighted by molar-refractivity contribution is -0.139. The minimum Gasteiger partial charge on any atom is -0.476 e. The van der Waals surface area contributed by atoms with Crippen molar-refractivity contribution in [3.05, 3.63) is 54.6 Å². The van der Waals surface area contributed by atoms with Gasteiger partial charge in [-0.25, -0.2) is 4.79 Å². The number of fused-ring (bicyclic) bond motifs is 1. The first-order valence-corrected chi connectivity index (χ1v) is 12.6. The number of urea groups is 1. The van der Waals surface area contributed by atoms with Gasteiger partial charge in [0.1, 0.15) is 5.75 Å². The summed E-state index contributed by atoms with van der Waals surface area (Å²) in [6, 6.07) is 16.5. The summed E-state index contributed by atoms with van der Waals surface area (Å²) in [5.74, 6) is 0.109. The molecule has 0 aliphatic carbocycles. The van der Waals surface area contributed by atoms with Crippen LogP contribution >= 0.6 is 0 Å². The van der Waals surface area contributed by atoms with Gasteiger partial charge in [0, 0.05) is 31.9 Å². The summed E-state index contributed by atoms with van der Waals surface area (Å²) in [5.41, 5.74) is 1.41. The van der Waals surface area contributed by atoms with Crippen molar-refractivity contribution in [1.29, 1.82) is 0 Å². The molecule has 0 aromatic heterocycles. The van der Waals surface area contributed by atoms with E-state index in [1.165, 1.54) is 0 Å². The maximum Gasteiger partial charge on any atom is 0.321 e. The van der Waals surface area contributed by atoms with Crippen LogP contribution in [0.25, 0.3) is 0 Å². The lowest BCUT2D eigenvalue weighted by atomic mass is 9.95. The highest BCUT2D eigenvalue weighted by atomic mass is 16.5. The van der Waals surface area contributed by atoms with Gasteiger partial charge >= 0.3 is 6.03 Å². The third kappa shape index (κ3) is 5.11. The first-order chi connectivity index (χ1) is 17.1. The van der Waals surface area contributed by atoms with Gasteiger partial charge in [-0.1, -0.05) is 30.3 Å². The molecule has 2 unspecified atom stereocenters. The van der Waals surface area contributed by atoms with Crippen LogP contribution in [0.4, 0.5) is 16.2 Å². The molecule has 35 heavy (non-hydrogen) atoms. The molecular weight excluding hydrogens is 444 g/mol. The van der Waals surface area contributed by atoms with Crippen molar-refractivity contribution in [2.75, 3.05) is 42.9 Å². The summed E-state index contributed by atoms with van der Waals surface area (Å²) >= 11 is 0. The predicted molar refractivity (Wildman–Crippen MR) is 133 cm³/mol. The lowest BCUT2D eigenvalue weighted by Crippen LogP contribution is -2.55. The second kappa shape index (κ2) is 10.4. The minimum atomic E-state index is -0.715. The number of anilines is 2. The zero-order chi connectivity index (χ0) is 24.2. The maximum absolute atomic E-state index is 13.8. The normalized spacial score (nSPS) is 22.1. The number of hydrogen-bond acceptors (Lipinski definition) is 4. The Balaban J connectivity index is 1.30. The van der Waals surface area contributed by atoms with Crippen molar-refractivity contribution in [1.82, 2.24) is 9.80 Å². The van der Waals surface area contributed by atoms with Gasteiger partial charge in [-0.05, 0) is 56.4 Å². The monoisotopic (exact) mass is 476 g/mol. The molecule has 0 radical (unpaired) electrons. The smallest absolute Gasteiger partial charge is 0.321 e. The fourth-order valence-corrected chi connectivity index (χ4v) is 5.20. The van der Waals surface area contributed by atoms with Gasteiger partial charge in [0.15, 0.2) is 6.10 Å². The first-order valence-electron chi connectivity index (χ1n) is 12.6. The van der Waals surface area contributed by atoms with Crippen LogP contribution in [0.3, 0.4) is 0 Å². The van der Waals surface area contributed by atoms with Crippen LogP contribution in [0.1, 0.15) is 32.1 Å². The van der Waals surface area contributed by atoms with Crippen molar-refractivity contribution < 1.29 is 19.1 Å². The largest absolute Gasteiger partial charge is 0.476 e. The number of benzene rings is 2. The van der Waals surface area contributed by atoms with Crippen LogP contribution in [0.5, 0.6) is 5.75 Å². The number of rotatable bonds is 3. The molecule has 4 amide bonds. The van der Waals surface area contributed by atoms with Crippen LogP contribution in [0.2, 0.25) is 0 Å². The van der Waals surface area contributed by atoms with E-state index in [-0.39, 0.29) is 30.3 Å². The second-order valence-corrected chi connectivity index (χ2v) is 9.49. The summed E-state index contributed by atoms with van der Waals surface area (Å²) in [7, 11) is 0.